The highest BCUT2D eigenvalue weighted by Crippen LogP contribution is 2.32. The second kappa shape index (κ2) is 14.5. The van der Waals surface area contributed by atoms with Crippen LogP contribution in [0.25, 0.3) is 0 Å². The number of hydrogen-bond acceptors (Lipinski definition) is 5. The Bertz CT molecular complexity index is 1230. The second-order valence-corrected chi connectivity index (χ2v) is 11.3. The summed E-state index contributed by atoms with van der Waals surface area (Å²) < 4.78 is 9.28. The summed E-state index contributed by atoms with van der Waals surface area (Å²) in [6.45, 7) is 15.7. The summed E-state index contributed by atoms with van der Waals surface area (Å²) in [6.07, 6.45) is 5.11. The standard InChI is InChI=1S/C30H39BrN4O2S/c1-7-15-35-27(14-11-16-37-26-18-24(20(4)5)25(31)17-21(26)6)33-34-30(35)38-19-28(36)32-29-22(8-2)12-10-13-23(29)9-3/h7,10,12-13,17-18,20H,1,8-9,11,14-16,19H2,2-6H3,(H,32,36). The highest BCUT2D eigenvalue weighted by molar-refractivity contribution is 9.10. The lowest BCUT2D eigenvalue weighted by Crippen LogP contribution is -2.17. The van der Waals surface area contributed by atoms with Crippen LogP contribution in [0.2, 0.25) is 0 Å². The van der Waals surface area contributed by atoms with E-state index in [1.54, 1.807) is 0 Å². The summed E-state index contributed by atoms with van der Waals surface area (Å²) in [5.74, 6) is 2.43. The van der Waals surface area contributed by atoms with E-state index in [2.05, 4.69) is 103 Å². The molecule has 38 heavy (non-hydrogen) atoms. The van der Waals surface area contributed by atoms with Gasteiger partial charge in [-0.3, -0.25) is 4.79 Å². The van der Waals surface area contributed by atoms with E-state index in [0.29, 0.717) is 19.1 Å². The molecule has 8 heteroatoms. The molecule has 1 heterocycles. The molecule has 0 bridgehead atoms. The number of ether oxygens (including phenoxy) is 1. The molecule has 3 rings (SSSR count). The lowest BCUT2D eigenvalue weighted by atomic mass is 10.0. The largest absolute Gasteiger partial charge is 0.493 e. The van der Waals surface area contributed by atoms with Gasteiger partial charge in [0.1, 0.15) is 11.6 Å². The first-order valence-electron chi connectivity index (χ1n) is 13.3. The quantitative estimate of drug-likeness (QED) is 0.118. The minimum absolute atomic E-state index is 0.0423. The van der Waals surface area contributed by atoms with Crippen LogP contribution >= 0.6 is 27.7 Å². The third kappa shape index (κ3) is 7.73. The number of nitrogens with zero attached hydrogens (tertiary/aromatic N) is 3. The van der Waals surface area contributed by atoms with E-state index >= 15 is 0 Å². The Labute approximate surface area is 239 Å². The highest BCUT2D eigenvalue weighted by Gasteiger charge is 2.16. The zero-order chi connectivity index (χ0) is 27.7. The van der Waals surface area contributed by atoms with Crippen molar-refractivity contribution in [3.05, 3.63) is 75.5 Å². The summed E-state index contributed by atoms with van der Waals surface area (Å²) in [5.41, 5.74) is 5.60. The smallest absolute Gasteiger partial charge is 0.234 e. The number of thioether (sulfide) groups is 1. The van der Waals surface area contributed by atoms with E-state index < -0.39 is 0 Å². The number of halogens is 1. The molecule has 0 aliphatic carbocycles. The van der Waals surface area contributed by atoms with Gasteiger partial charge in [-0.05, 0) is 66.5 Å². The van der Waals surface area contributed by atoms with Crippen molar-refractivity contribution in [2.75, 3.05) is 17.7 Å². The molecule has 0 unspecified atom stereocenters. The van der Waals surface area contributed by atoms with Gasteiger partial charge in [0.05, 0.1) is 12.4 Å². The molecule has 1 N–H and O–H groups in total. The monoisotopic (exact) mass is 598 g/mol. The van der Waals surface area contributed by atoms with Crippen molar-refractivity contribution in [3.8, 4) is 5.75 Å². The van der Waals surface area contributed by atoms with Gasteiger partial charge in [0.2, 0.25) is 5.91 Å². The first-order chi connectivity index (χ1) is 18.3. The Morgan fingerprint density at radius 1 is 1.21 bits per heavy atom. The van der Waals surface area contributed by atoms with Gasteiger partial charge in [0.25, 0.3) is 0 Å². The number of benzene rings is 2. The lowest BCUT2D eigenvalue weighted by Gasteiger charge is -2.15. The number of rotatable bonds is 14. The SMILES string of the molecule is C=CCn1c(CCCOc2cc(C(C)C)c(Br)cc2C)nnc1SCC(=O)Nc1c(CC)cccc1CC. The van der Waals surface area contributed by atoms with E-state index in [1.807, 2.05) is 10.6 Å². The molecule has 0 radical (unpaired) electrons. The molecule has 1 amide bonds. The van der Waals surface area contributed by atoms with Crippen molar-refractivity contribution in [3.63, 3.8) is 0 Å². The Morgan fingerprint density at radius 3 is 2.55 bits per heavy atom. The number of nitrogens with one attached hydrogen (secondary N) is 1. The van der Waals surface area contributed by atoms with Crippen molar-refractivity contribution in [2.24, 2.45) is 0 Å². The van der Waals surface area contributed by atoms with Gasteiger partial charge in [-0.1, -0.05) is 79.7 Å². The van der Waals surface area contributed by atoms with Gasteiger partial charge < -0.3 is 14.6 Å². The Kier molecular flexibility index (Phi) is 11.5. The summed E-state index contributed by atoms with van der Waals surface area (Å²) >= 11 is 5.06. The molecule has 1 aromatic heterocycles. The predicted molar refractivity (Wildman–Crippen MR) is 162 cm³/mol. The van der Waals surface area contributed by atoms with Crippen LogP contribution < -0.4 is 10.1 Å². The third-order valence-electron chi connectivity index (χ3n) is 6.42. The van der Waals surface area contributed by atoms with Crippen LogP contribution in [0.3, 0.4) is 0 Å². The van der Waals surface area contributed by atoms with Gasteiger partial charge in [0, 0.05) is 23.1 Å². The van der Waals surface area contributed by atoms with E-state index in [4.69, 9.17) is 4.74 Å². The van der Waals surface area contributed by atoms with Crippen molar-refractivity contribution in [1.82, 2.24) is 14.8 Å². The molecule has 0 saturated heterocycles. The van der Waals surface area contributed by atoms with Crippen molar-refractivity contribution in [1.29, 1.82) is 0 Å². The maximum absolute atomic E-state index is 12.8. The fraction of sp³-hybridized carbons (Fsp3) is 0.433. The average Bonchev–Trinajstić information content (AvgIpc) is 3.27. The van der Waals surface area contributed by atoms with E-state index in [9.17, 15) is 4.79 Å². The normalized spacial score (nSPS) is 11.1. The van der Waals surface area contributed by atoms with Crippen LogP contribution in [-0.2, 0) is 30.6 Å². The van der Waals surface area contributed by atoms with Crippen LogP contribution in [-0.4, -0.2) is 33.0 Å². The Balaban J connectivity index is 1.59. The molecule has 0 fully saturated rings. The molecule has 0 saturated carbocycles. The Hall–Kier alpha value is -2.58. The molecule has 0 atom stereocenters. The molecule has 3 aromatic rings. The van der Waals surface area contributed by atoms with Crippen LogP contribution in [0, 0.1) is 6.92 Å². The first kappa shape index (κ1) is 30.0. The molecular formula is C30H39BrN4O2S. The highest BCUT2D eigenvalue weighted by atomic mass is 79.9. The number of aromatic nitrogens is 3. The molecule has 2 aromatic carbocycles. The van der Waals surface area contributed by atoms with Crippen LogP contribution in [0.5, 0.6) is 5.75 Å². The van der Waals surface area contributed by atoms with Gasteiger partial charge in [-0.25, -0.2) is 0 Å². The maximum Gasteiger partial charge on any atom is 0.234 e. The summed E-state index contributed by atoms with van der Waals surface area (Å²) in [4.78, 5) is 12.8. The molecular weight excluding hydrogens is 560 g/mol. The zero-order valence-corrected chi connectivity index (χ0v) is 25.5. The number of allylic oxidation sites excluding steroid dienone is 1. The topological polar surface area (TPSA) is 69.0 Å². The fourth-order valence-electron chi connectivity index (χ4n) is 4.31. The number of carbonyl (C=O) groups is 1. The van der Waals surface area contributed by atoms with Gasteiger partial charge >= 0.3 is 0 Å². The molecule has 204 valence electrons. The number of anilines is 1. The van der Waals surface area contributed by atoms with Crippen LogP contribution in [0.15, 0.2) is 52.6 Å². The minimum Gasteiger partial charge on any atom is -0.493 e. The van der Waals surface area contributed by atoms with Crippen molar-refractivity contribution >= 4 is 39.3 Å². The van der Waals surface area contributed by atoms with Crippen molar-refractivity contribution in [2.45, 2.75) is 77.9 Å². The number of carbonyl (C=O) groups excluding carboxylic acids is 1. The van der Waals surface area contributed by atoms with E-state index in [-0.39, 0.29) is 11.7 Å². The maximum atomic E-state index is 12.8. The predicted octanol–water partition coefficient (Wildman–Crippen LogP) is 7.53. The summed E-state index contributed by atoms with van der Waals surface area (Å²) in [7, 11) is 0. The number of aryl methyl sites for hydroxylation is 4. The molecule has 6 nitrogen and oxygen atoms in total. The summed E-state index contributed by atoms with van der Waals surface area (Å²) in [5, 5.41) is 12.6. The zero-order valence-electron chi connectivity index (χ0n) is 23.1. The van der Waals surface area contributed by atoms with Crippen molar-refractivity contribution < 1.29 is 9.53 Å². The van der Waals surface area contributed by atoms with Gasteiger partial charge in [-0.2, -0.15) is 0 Å². The number of hydrogen-bond donors (Lipinski definition) is 1. The Morgan fingerprint density at radius 2 is 1.92 bits per heavy atom. The number of para-hydroxylation sites is 1. The second-order valence-electron chi connectivity index (χ2n) is 9.54. The summed E-state index contributed by atoms with van der Waals surface area (Å²) in [6, 6.07) is 10.4. The van der Waals surface area contributed by atoms with E-state index in [1.165, 1.54) is 17.3 Å². The first-order valence-corrected chi connectivity index (χ1v) is 15.1. The lowest BCUT2D eigenvalue weighted by molar-refractivity contribution is -0.113. The van der Waals surface area contributed by atoms with Gasteiger partial charge in [0.15, 0.2) is 5.16 Å². The van der Waals surface area contributed by atoms with Gasteiger partial charge in [-0.15, -0.1) is 16.8 Å². The van der Waals surface area contributed by atoms with E-state index in [0.717, 1.165) is 69.3 Å². The third-order valence-corrected chi connectivity index (χ3v) is 8.07. The average molecular weight is 600 g/mol. The molecule has 0 aliphatic heterocycles. The molecule has 0 aliphatic rings. The van der Waals surface area contributed by atoms with Crippen LogP contribution in [0.1, 0.15) is 68.1 Å². The number of amides is 1. The molecule has 0 spiro atoms. The minimum atomic E-state index is -0.0423. The van der Waals surface area contributed by atoms with Crippen LogP contribution in [0.4, 0.5) is 5.69 Å². The fourth-order valence-corrected chi connectivity index (χ4v) is 5.99.